The Balaban J connectivity index is 1.48. The van der Waals surface area contributed by atoms with E-state index in [-0.39, 0.29) is 11.8 Å². The largest absolute Gasteiger partial charge is 0.321 e. The van der Waals surface area contributed by atoms with E-state index in [2.05, 4.69) is 10.4 Å². The summed E-state index contributed by atoms with van der Waals surface area (Å²) >= 11 is 0. The van der Waals surface area contributed by atoms with Crippen LogP contribution in [-0.2, 0) is 0 Å². The monoisotopic (exact) mass is 443 g/mol. The molecule has 0 radical (unpaired) electrons. The normalized spacial score (nSPS) is 11.1. The predicted octanol–water partition coefficient (Wildman–Crippen LogP) is 6.15. The smallest absolute Gasteiger partial charge is 0.278 e. The third-order valence-corrected chi connectivity index (χ3v) is 5.49. The summed E-state index contributed by atoms with van der Waals surface area (Å²) in [5.41, 5.74) is 4.09. The van der Waals surface area contributed by atoms with Crippen molar-refractivity contribution in [1.29, 1.82) is 0 Å². The molecule has 0 unspecified atom stereocenters. The summed E-state index contributed by atoms with van der Waals surface area (Å²) in [6.45, 7) is 0. The number of anilines is 1. The van der Waals surface area contributed by atoms with Crippen LogP contribution in [0.15, 0.2) is 109 Å². The summed E-state index contributed by atoms with van der Waals surface area (Å²) in [7, 11) is 0. The lowest BCUT2D eigenvalue weighted by Gasteiger charge is -2.08. The number of para-hydroxylation sites is 2. The van der Waals surface area contributed by atoms with Crippen LogP contribution in [0.25, 0.3) is 23.1 Å². The summed E-state index contributed by atoms with van der Waals surface area (Å²) in [5, 5.41) is 8.46. The van der Waals surface area contributed by atoms with Crippen molar-refractivity contribution in [2.75, 3.05) is 5.32 Å². The van der Waals surface area contributed by atoms with E-state index in [4.69, 9.17) is 0 Å². The average Bonchev–Trinajstić information content (AvgIpc) is 3.27. The summed E-state index contributed by atoms with van der Waals surface area (Å²) < 4.78 is 1.44. The molecule has 5 nitrogen and oxygen atoms in total. The van der Waals surface area contributed by atoms with Gasteiger partial charge in [0, 0.05) is 22.2 Å². The van der Waals surface area contributed by atoms with Gasteiger partial charge in [-0.2, -0.15) is 9.78 Å². The molecule has 0 saturated heterocycles. The Morgan fingerprint density at radius 2 is 1.29 bits per heavy atom. The third kappa shape index (κ3) is 4.27. The van der Waals surface area contributed by atoms with Crippen LogP contribution >= 0.6 is 0 Å². The molecule has 0 fully saturated rings. The first-order valence-electron chi connectivity index (χ1n) is 10.9. The molecule has 1 heterocycles. The van der Waals surface area contributed by atoms with Crippen LogP contribution in [-0.4, -0.2) is 21.6 Å². The lowest BCUT2D eigenvalue weighted by molar-refractivity contribution is 0.0949. The van der Waals surface area contributed by atoms with Gasteiger partial charge in [0.15, 0.2) is 0 Å². The third-order valence-electron chi connectivity index (χ3n) is 5.49. The maximum Gasteiger partial charge on any atom is 0.278 e. The first kappa shape index (κ1) is 21.1. The van der Waals surface area contributed by atoms with Crippen molar-refractivity contribution >= 4 is 40.6 Å². The van der Waals surface area contributed by atoms with Gasteiger partial charge in [-0.3, -0.25) is 9.59 Å². The fourth-order valence-electron chi connectivity index (χ4n) is 3.78. The van der Waals surface area contributed by atoms with Crippen molar-refractivity contribution < 1.29 is 9.59 Å². The van der Waals surface area contributed by atoms with E-state index < -0.39 is 0 Å². The Bertz CT molecular complexity index is 1500. The number of carbonyl (C=O) groups excluding carboxylic acids is 2. The molecule has 34 heavy (non-hydrogen) atoms. The number of hydrogen-bond acceptors (Lipinski definition) is 3. The second-order valence-corrected chi connectivity index (χ2v) is 7.73. The van der Waals surface area contributed by atoms with Crippen molar-refractivity contribution in [3.63, 3.8) is 0 Å². The molecule has 5 heteroatoms. The molecule has 0 aliphatic carbocycles. The minimum Gasteiger partial charge on any atom is -0.321 e. The molecular formula is C29H21N3O2. The predicted molar refractivity (Wildman–Crippen MR) is 136 cm³/mol. The van der Waals surface area contributed by atoms with Gasteiger partial charge in [-0.05, 0) is 48.0 Å². The van der Waals surface area contributed by atoms with E-state index in [1.54, 1.807) is 24.3 Å². The number of rotatable bonds is 5. The number of nitrogens with zero attached hydrogens (tertiary/aromatic N) is 2. The molecule has 0 aliphatic rings. The number of fused-ring (bicyclic) bond motifs is 1. The molecule has 0 atom stereocenters. The lowest BCUT2D eigenvalue weighted by Crippen LogP contribution is -2.13. The number of aromatic nitrogens is 2. The van der Waals surface area contributed by atoms with Crippen molar-refractivity contribution in [2.45, 2.75) is 0 Å². The molecule has 0 bridgehead atoms. The van der Waals surface area contributed by atoms with E-state index in [1.807, 2.05) is 97.1 Å². The molecule has 0 spiro atoms. The van der Waals surface area contributed by atoms with Crippen molar-refractivity contribution in [2.24, 2.45) is 0 Å². The molecule has 5 aromatic rings. The quantitative estimate of drug-likeness (QED) is 0.354. The van der Waals surface area contributed by atoms with Crippen LogP contribution in [0.1, 0.15) is 32.0 Å². The van der Waals surface area contributed by atoms with Crippen LogP contribution < -0.4 is 5.32 Å². The molecule has 0 saturated carbocycles. The summed E-state index contributed by atoms with van der Waals surface area (Å²) in [6.07, 6.45) is 3.76. The number of nitrogens with one attached hydrogen (secondary N) is 1. The highest BCUT2D eigenvalue weighted by molar-refractivity contribution is 6.06. The van der Waals surface area contributed by atoms with E-state index >= 15 is 0 Å². The summed E-state index contributed by atoms with van der Waals surface area (Å²) in [6, 6.07) is 33.4. The molecule has 164 valence electrons. The van der Waals surface area contributed by atoms with Crippen LogP contribution in [0.5, 0.6) is 0 Å². The minimum atomic E-state index is -0.188. The molecule has 4 aromatic carbocycles. The van der Waals surface area contributed by atoms with E-state index in [0.29, 0.717) is 22.5 Å². The number of carbonyl (C=O) groups is 2. The second kappa shape index (κ2) is 9.38. The van der Waals surface area contributed by atoms with Crippen molar-refractivity contribution in [3.05, 3.63) is 132 Å². The minimum absolute atomic E-state index is 0.176. The highest BCUT2D eigenvalue weighted by Crippen LogP contribution is 2.24. The average molecular weight is 444 g/mol. The fraction of sp³-hybridized carbons (Fsp3) is 0. The Morgan fingerprint density at radius 3 is 2.06 bits per heavy atom. The van der Waals surface area contributed by atoms with Gasteiger partial charge in [-0.15, -0.1) is 0 Å². The Kier molecular flexibility index (Phi) is 5.82. The second-order valence-electron chi connectivity index (χ2n) is 7.73. The highest BCUT2D eigenvalue weighted by Gasteiger charge is 2.15. The zero-order chi connectivity index (χ0) is 23.3. The highest BCUT2D eigenvalue weighted by atomic mass is 16.2. The number of hydrogen-bond donors (Lipinski definition) is 1. The van der Waals surface area contributed by atoms with Gasteiger partial charge in [0.1, 0.15) is 0 Å². The van der Waals surface area contributed by atoms with E-state index in [9.17, 15) is 9.59 Å². The van der Waals surface area contributed by atoms with E-state index in [0.717, 1.165) is 16.5 Å². The fourth-order valence-corrected chi connectivity index (χ4v) is 3.78. The Morgan fingerprint density at radius 1 is 0.676 bits per heavy atom. The van der Waals surface area contributed by atoms with Gasteiger partial charge in [0.25, 0.3) is 11.8 Å². The van der Waals surface area contributed by atoms with Gasteiger partial charge < -0.3 is 5.32 Å². The molecule has 5 rings (SSSR count). The van der Waals surface area contributed by atoms with Crippen LogP contribution in [0.4, 0.5) is 5.69 Å². The van der Waals surface area contributed by atoms with Gasteiger partial charge in [-0.25, -0.2) is 0 Å². The summed E-state index contributed by atoms with van der Waals surface area (Å²) in [4.78, 5) is 25.7. The van der Waals surface area contributed by atoms with Crippen LogP contribution in [0, 0.1) is 0 Å². The summed E-state index contributed by atoms with van der Waals surface area (Å²) in [5.74, 6) is -0.364. The zero-order valence-corrected chi connectivity index (χ0v) is 18.3. The maximum atomic E-state index is 13.1. The van der Waals surface area contributed by atoms with Gasteiger partial charge in [-0.1, -0.05) is 78.9 Å². The van der Waals surface area contributed by atoms with Gasteiger partial charge in [0.05, 0.1) is 11.2 Å². The zero-order valence-electron chi connectivity index (χ0n) is 18.3. The Labute approximate surface area is 197 Å². The topological polar surface area (TPSA) is 64.0 Å². The molecule has 1 aromatic heterocycles. The molecule has 1 amide bonds. The Hall–Kier alpha value is -4.77. The van der Waals surface area contributed by atoms with Crippen molar-refractivity contribution in [1.82, 2.24) is 9.78 Å². The van der Waals surface area contributed by atoms with Gasteiger partial charge >= 0.3 is 0 Å². The SMILES string of the molecule is O=C(Nc1ccccc1/C=C/c1nn(C(=O)c2ccccc2)c2ccccc12)c1ccccc1. The van der Waals surface area contributed by atoms with Crippen LogP contribution in [0.2, 0.25) is 0 Å². The number of benzene rings is 4. The van der Waals surface area contributed by atoms with Crippen LogP contribution in [0.3, 0.4) is 0 Å². The molecule has 1 N–H and O–H groups in total. The molecular weight excluding hydrogens is 422 g/mol. The van der Waals surface area contributed by atoms with Crippen molar-refractivity contribution in [3.8, 4) is 0 Å². The lowest BCUT2D eigenvalue weighted by atomic mass is 10.1. The molecule has 0 aliphatic heterocycles. The van der Waals surface area contributed by atoms with Gasteiger partial charge in [0.2, 0.25) is 0 Å². The number of amides is 1. The standard InChI is InChI=1S/C29H21N3O2/c33-28(22-12-3-1-4-13-22)30-25-17-9-7-11-21(25)19-20-26-24-16-8-10-18-27(24)32(31-26)29(34)23-14-5-2-6-15-23/h1-20H,(H,30,33)/b20-19+. The maximum absolute atomic E-state index is 13.1. The first-order chi connectivity index (χ1) is 16.7. The van der Waals surface area contributed by atoms with E-state index in [1.165, 1.54) is 4.68 Å². The first-order valence-corrected chi connectivity index (χ1v) is 10.9.